The van der Waals surface area contributed by atoms with Gasteiger partial charge >= 0.3 is 0 Å². The van der Waals surface area contributed by atoms with Gasteiger partial charge in [-0.15, -0.1) is 0 Å². The molecule has 1 aromatic heterocycles. The van der Waals surface area contributed by atoms with Crippen molar-refractivity contribution in [2.75, 3.05) is 38.1 Å². The summed E-state index contributed by atoms with van der Waals surface area (Å²) in [5.41, 5.74) is 4.36. The Balaban J connectivity index is 1.52. The minimum absolute atomic E-state index is 0.103. The average molecular weight is 440 g/mol. The van der Waals surface area contributed by atoms with Crippen LogP contribution >= 0.6 is 11.6 Å². The highest BCUT2D eigenvalue weighted by Crippen LogP contribution is 2.32. The van der Waals surface area contributed by atoms with Gasteiger partial charge in [-0.25, -0.2) is 0 Å². The molecule has 31 heavy (non-hydrogen) atoms. The minimum Gasteiger partial charge on any atom is -0.368 e. The van der Waals surface area contributed by atoms with E-state index in [9.17, 15) is 9.70 Å². The SMILES string of the molecule is Cc1cc([N+](C)=O)ccc1N1CCN(C(=O)c2c(-c3ccccc3Cl)noc2C)CC1. The highest BCUT2D eigenvalue weighted by Gasteiger charge is 2.29. The zero-order valence-electron chi connectivity index (χ0n) is 17.8. The normalized spacial score (nSPS) is 14.1. The van der Waals surface area contributed by atoms with Crippen LogP contribution in [0.3, 0.4) is 0 Å². The van der Waals surface area contributed by atoms with Crippen molar-refractivity contribution in [3.63, 3.8) is 0 Å². The molecule has 0 unspecified atom stereocenters. The predicted octanol–water partition coefficient (Wildman–Crippen LogP) is 4.61. The molecule has 1 aliphatic rings. The van der Waals surface area contributed by atoms with E-state index in [1.807, 2.05) is 48.2 Å². The largest absolute Gasteiger partial charge is 0.368 e. The van der Waals surface area contributed by atoms with Gasteiger partial charge < -0.3 is 14.3 Å². The summed E-state index contributed by atoms with van der Waals surface area (Å²) in [5.74, 6) is 0.379. The van der Waals surface area contributed by atoms with Gasteiger partial charge in [0.1, 0.15) is 17.0 Å². The van der Waals surface area contributed by atoms with Crippen LogP contribution in [0.5, 0.6) is 0 Å². The molecule has 0 bridgehead atoms. The third kappa shape index (κ3) is 4.05. The van der Waals surface area contributed by atoms with E-state index in [1.54, 1.807) is 13.0 Å². The number of aromatic nitrogens is 1. The number of aryl methyl sites for hydroxylation is 2. The fraction of sp³-hybridized carbons (Fsp3) is 0.304. The van der Waals surface area contributed by atoms with Gasteiger partial charge in [-0.2, -0.15) is 0 Å². The summed E-state index contributed by atoms with van der Waals surface area (Å²) in [7, 11) is 1.49. The third-order valence-electron chi connectivity index (χ3n) is 5.66. The van der Waals surface area contributed by atoms with Crippen molar-refractivity contribution < 1.29 is 14.1 Å². The number of carbonyl (C=O) groups is 1. The standard InChI is InChI=1S/C23H24ClN4O3/c1-15-14-17(26(3)30)8-9-20(15)27-10-12-28(13-11-27)23(29)21-16(2)31-25-22(21)18-6-4-5-7-19(18)24/h4-9,14H,10-13H2,1-3H3/q+1. The van der Waals surface area contributed by atoms with E-state index in [2.05, 4.69) is 10.1 Å². The van der Waals surface area contributed by atoms with Gasteiger partial charge in [0.25, 0.3) is 11.6 Å². The minimum atomic E-state index is -0.103. The van der Waals surface area contributed by atoms with Crippen molar-refractivity contribution in [3.8, 4) is 11.3 Å². The lowest BCUT2D eigenvalue weighted by molar-refractivity contribution is -0.428. The van der Waals surface area contributed by atoms with Crippen LogP contribution in [0.25, 0.3) is 11.3 Å². The molecule has 0 spiro atoms. The first-order valence-corrected chi connectivity index (χ1v) is 10.5. The zero-order chi connectivity index (χ0) is 22.1. The van der Waals surface area contributed by atoms with E-state index in [0.717, 1.165) is 16.0 Å². The van der Waals surface area contributed by atoms with Crippen molar-refractivity contribution in [2.24, 2.45) is 0 Å². The molecule has 0 aliphatic carbocycles. The van der Waals surface area contributed by atoms with Crippen LogP contribution in [-0.4, -0.2) is 54.0 Å². The van der Waals surface area contributed by atoms with Crippen LogP contribution in [0, 0.1) is 18.8 Å². The average Bonchev–Trinajstić information content (AvgIpc) is 3.14. The van der Waals surface area contributed by atoms with Crippen LogP contribution < -0.4 is 4.90 Å². The number of piperazine rings is 1. The van der Waals surface area contributed by atoms with Crippen molar-refractivity contribution in [3.05, 3.63) is 69.3 Å². The molecule has 1 fully saturated rings. The highest BCUT2D eigenvalue weighted by molar-refractivity contribution is 6.33. The first-order chi connectivity index (χ1) is 14.9. The maximum Gasteiger partial charge on any atom is 0.259 e. The number of carbonyl (C=O) groups excluding carboxylic acids is 1. The summed E-state index contributed by atoms with van der Waals surface area (Å²) in [5, 5.41) is 4.64. The Labute approximate surface area is 185 Å². The summed E-state index contributed by atoms with van der Waals surface area (Å²) < 4.78 is 6.21. The lowest BCUT2D eigenvalue weighted by Gasteiger charge is -2.36. The van der Waals surface area contributed by atoms with Gasteiger partial charge in [0, 0.05) is 59.2 Å². The molecule has 0 saturated carbocycles. The van der Waals surface area contributed by atoms with E-state index in [4.69, 9.17) is 16.1 Å². The van der Waals surface area contributed by atoms with Gasteiger partial charge in [0.15, 0.2) is 7.05 Å². The van der Waals surface area contributed by atoms with Crippen LogP contribution in [0.4, 0.5) is 11.4 Å². The fourth-order valence-corrected chi connectivity index (χ4v) is 4.19. The number of hydrogen-bond donors (Lipinski definition) is 0. The smallest absolute Gasteiger partial charge is 0.259 e. The van der Waals surface area contributed by atoms with E-state index in [0.29, 0.717) is 59.5 Å². The fourth-order valence-electron chi connectivity index (χ4n) is 3.96. The summed E-state index contributed by atoms with van der Waals surface area (Å²) >= 11 is 6.33. The lowest BCUT2D eigenvalue weighted by Crippen LogP contribution is -2.49. The number of anilines is 1. The summed E-state index contributed by atoms with van der Waals surface area (Å²) in [6, 6.07) is 13.0. The van der Waals surface area contributed by atoms with Crippen molar-refractivity contribution in [2.45, 2.75) is 13.8 Å². The molecule has 1 amide bonds. The van der Waals surface area contributed by atoms with Crippen molar-refractivity contribution in [1.29, 1.82) is 0 Å². The molecule has 3 aromatic rings. The quantitative estimate of drug-likeness (QED) is 0.555. The van der Waals surface area contributed by atoms with Gasteiger partial charge in [-0.05, 0) is 31.5 Å². The number of nitroso groups, excluding NO2 is 1. The Hall–Kier alpha value is -3.19. The molecule has 2 aromatic carbocycles. The molecule has 8 heteroatoms. The molecule has 0 N–H and O–H groups in total. The first-order valence-electron chi connectivity index (χ1n) is 10.1. The van der Waals surface area contributed by atoms with Crippen molar-refractivity contribution >= 4 is 28.9 Å². The number of nitrogens with zero attached hydrogens (tertiary/aromatic N) is 4. The summed E-state index contributed by atoms with van der Waals surface area (Å²) in [6.07, 6.45) is 0. The molecule has 1 saturated heterocycles. The number of rotatable bonds is 4. The molecule has 2 heterocycles. The number of amides is 1. The van der Waals surface area contributed by atoms with Crippen LogP contribution in [0.15, 0.2) is 47.0 Å². The number of benzene rings is 2. The Morgan fingerprint density at radius 2 is 1.81 bits per heavy atom. The Bertz CT molecular complexity index is 1150. The zero-order valence-corrected chi connectivity index (χ0v) is 18.5. The molecular weight excluding hydrogens is 416 g/mol. The molecule has 7 nitrogen and oxygen atoms in total. The van der Waals surface area contributed by atoms with Gasteiger partial charge in [-0.3, -0.25) is 4.79 Å². The van der Waals surface area contributed by atoms with Crippen LogP contribution in [0.2, 0.25) is 5.02 Å². The van der Waals surface area contributed by atoms with Crippen LogP contribution in [-0.2, 0) is 0 Å². The predicted molar refractivity (Wildman–Crippen MR) is 120 cm³/mol. The molecule has 160 valence electrons. The molecule has 4 rings (SSSR count). The summed E-state index contributed by atoms with van der Waals surface area (Å²) in [4.78, 5) is 28.9. The van der Waals surface area contributed by atoms with E-state index in [-0.39, 0.29) is 5.91 Å². The second-order valence-corrected chi connectivity index (χ2v) is 8.10. The van der Waals surface area contributed by atoms with E-state index >= 15 is 0 Å². The van der Waals surface area contributed by atoms with Gasteiger partial charge in [0.2, 0.25) is 0 Å². The first kappa shape index (κ1) is 21.1. The molecule has 1 aliphatic heterocycles. The van der Waals surface area contributed by atoms with Gasteiger partial charge in [-0.1, -0.05) is 35.0 Å². The number of hydrogen-bond acceptors (Lipinski definition) is 5. The molecule has 0 radical (unpaired) electrons. The number of halogens is 1. The third-order valence-corrected chi connectivity index (χ3v) is 5.99. The lowest BCUT2D eigenvalue weighted by atomic mass is 10.0. The van der Waals surface area contributed by atoms with Gasteiger partial charge in [0.05, 0.1) is 5.02 Å². The second-order valence-electron chi connectivity index (χ2n) is 7.69. The topological polar surface area (TPSA) is 69.7 Å². The molecule has 0 atom stereocenters. The molecular formula is C23H24ClN4O3+. The van der Waals surface area contributed by atoms with Crippen molar-refractivity contribution in [1.82, 2.24) is 10.1 Å². The van der Waals surface area contributed by atoms with E-state index in [1.165, 1.54) is 7.05 Å². The maximum absolute atomic E-state index is 13.3. The Kier molecular flexibility index (Phi) is 5.78. The monoisotopic (exact) mass is 439 g/mol. The van der Waals surface area contributed by atoms with E-state index < -0.39 is 0 Å². The Morgan fingerprint density at radius 3 is 2.45 bits per heavy atom. The van der Waals surface area contributed by atoms with Crippen LogP contribution in [0.1, 0.15) is 21.7 Å². The maximum atomic E-state index is 13.3. The summed E-state index contributed by atoms with van der Waals surface area (Å²) in [6.45, 7) is 6.29. The Morgan fingerprint density at radius 1 is 1.10 bits per heavy atom. The highest BCUT2D eigenvalue weighted by atomic mass is 35.5. The second kappa shape index (κ2) is 8.51.